The maximum Gasteiger partial charge on any atom is 0.471 e. The van der Waals surface area contributed by atoms with Gasteiger partial charge in [0.15, 0.2) is 0 Å². The number of unbranched alkanes of at least 4 members (excludes halogenated alkanes) is 10. The van der Waals surface area contributed by atoms with E-state index in [0.29, 0.717) is 6.42 Å². The van der Waals surface area contributed by atoms with Gasteiger partial charge in [-0.15, -0.1) is 0 Å². The molecule has 1 saturated heterocycles. The molecule has 0 saturated carbocycles. The molecule has 0 aromatic carbocycles. The molecule has 0 radical (unpaired) electrons. The molecule has 0 aromatic heterocycles. The van der Waals surface area contributed by atoms with Crippen molar-refractivity contribution in [2.75, 3.05) is 6.54 Å². The summed E-state index contributed by atoms with van der Waals surface area (Å²) in [6.07, 6.45) is 19.8. The van der Waals surface area contributed by atoms with E-state index in [-0.39, 0.29) is 18.7 Å². The third-order valence-electron chi connectivity index (χ3n) is 5.99. The van der Waals surface area contributed by atoms with Crippen molar-refractivity contribution in [2.45, 2.75) is 121 Å². The van der Waals surface area contributed by atoms with Crippen LogP contribution in [0.3, 0.4) is 0 Å². The molecule has 7 heteroatoms. The van der Waals surface area contributed by atoms with Crippen LogP contribution in [-0.4, -0.2) is 36.5 Å². The lowest BCUT2D eigenvalue weighted by atomic mass is 10.0. The highest BCUT2D eigenvalue weighted by Gasteiger charge is 2.41. The zero-order chi connectivity index (χ0) is 24.4. The van der Waals surface area contributed by atoms with Gasteiger partial charge in [0.25, 0.3) is 0 Å². The highest BCUT2D eigenvalue weighted by atomic mass is 19.4. The van der Waals surface area contributed by atoms with Gasteiger partial charge in [0.05, 0.1) is 6.04 Å². The Morgan fingerprint density at radius 2 is 1.45 bits per heavy atom. The first-order valence-electron chi connectivity index (χ1n) is 12.8. The fraction of sp³-hybridized carbons (Fsp3) is 0.769. The molecule has 1 amide bonds. The summed E-state index contributed by atoms with van der Waals surface area (Å²) in [5.74, 6) is -1.91. The molecule has 1 heterocycles. The Morgan fingerprint density at radius 1 is 0.879 bits per heavy atom. The highest BCUT2D eigenvalue weighted by molar-refractivity contribution is 5.85. The Bertz CT molecular complexity index is 603. The minimum atomic E-state index is -4.89. The van der Waals surface area contributed by atoms with Gasteiger partial charge in [-0.3, -0.25) is 9.59 Å². The van der Waals surface area contributed by atoms with Crippen LogP contribution in [0.25, 0.3) is 0 Å². The number of carbonyl (C=O) groups is 2. The maximum atomic E-state index is 12.3. The number of Topliss-reactive ketones (excluding diaryl/α,β-unsaturated/α-hetero) is 1. The molecule has 33 heavy (non-hydrogen) atoms. The zero-order valence-electron chi connectivity index (χ0n) is 20.2. The minimum absolute atomic E-state index is 0.0290. The number of ketones is 1. The Kier molecular flexibility index (Phi) is 15.9. The van der Waals surface area contributed by atoms with Gasteiger partial charge >= 0.3 is 12.1 Å². The SMILES string of the molecule is CCCCC/C=C\C/C=C\CCCCCCCCCC(=O)[C@@H]1C[C@H](NC(=O)C(F)(F)F)CN1. The molecule has 1 fully saturated rings. The van der Waals surface area contributed by atoms with E-state index >= 15 is 0 Å². The molecular weight excluding hydrogens is 429 g/mol. The molecule has 190 valence electrons. The molecule has 0 aromatic rings. The van der Waals surface area contributed by atoms with Gasteiger partial charge < -0.3 is 10.6 Å². The molecule has 4 nitrogen and oxygen atoms in total. The molecule has 2 N–H and O–H groups in total. The summed E-state index contributed by atoms with van der Waals surface area (Å²) in [5.41, 5.74) is 0. The van der Waals surface area contributed by atoms with E-state index in [1.165, 1.54) is 51.4 Å². The van der Waals surface area contributed by atoms with Crippen molar-refractivity contribution in [1.82, 2.24) is 10.6 Å². The van der Waals surface area contributed by atoms with Crippen LogP contribution >= 0.6 is 0 Å². The van der Waals surface area contributed by atoms with E-state index in [1.807, 2.05) is 5.32 Å². The zero-order valence-corrected chi connectivity index (χ0v) is 20.2. The van der Waals surface area contributed by atoms with E-state index in [1.54, 1.807) is 0 Å². The smallest absolute Gasteiger partial charge is 0.344 e. The molecule has 0 aliphatic carbocycles. The quantitative estimate of drug-likeness (QED) is 0.175. The maximum absolute atomic E-state index is 12.3. The molecule has 0 spiro atoms. The summed E-state index contributed by atoms with van der Waals surface area (Å²) >= 11 is 0. The van der Waals surface area contributed by atoms with Gasteiger partial charge in [0.1, 0.15) is 5.78 Å². The summed E-state index contributed by atoms with van der Waals surface area (Å²) in [5, 5.41) is 4.87. The summed E-state index contributed by atoms with van der Waals surface area (Å²) in [6, 6.07) is -1.09. The predicted molar refractivity (Wildman–Crippen MR) is 128 cm³/mol. The van der Waals surface area contributed by atoms with Crippen LogP contribution in [0.4, 0.5) is 13.2 Å². The second-order valence-electron chi connectivity index (χ2n) is 9.02. The van der Waals surface area contributed by atoms with Crippen LogP contribution in [0.15, 0.2) is 24.3 Å². The average molecular weight is 473 g/mol. The average Bonchev–Trinajstić information content (AvgIpc) is 3.23. The monoisotopic (exact) mass is 472 g/mol. The van der Waals surface area contributed by atoms with E-state index in [4.69, 9.17) is 0 Å². The molecule has 2 atom stereocenters. The molecule has 0 unspecified atom stereocenters. The van der Waals surface area contributed by atoms with E-state index in [0.717, 1.165) is 32.1 Å². The van der Waals surface area contributed by atoms with Gasteiger partial charge in [-0.25, -0.2) is 0 Å². The van der Waals surface area contributed by atoms with Crippen LogP contribution in [0.2, 0.25) is 0 Å². The Labute approximate surface area is 197 Å². The number of rotatable bonds is 18. The summed E-state index contributed by atoms with van der Waals surface area (Å²) in [6.45, 7) is 2.42. The van der Waals surface area contributed by atoms with Crippen molar-refractivity contribution >= 4 is 11.7 Å². The van der Waals surface area contributed by atoms with Crippen molar-refractivity contribution in [2.24, 2.45) is 0 Å². The fourth-order valence-corrected chi connectivity index (χ4v) is 4.00. The number of alkyl halides is 3. The largest absolute Gasteiger partial charge is 0.471 e. The number of hydrogen-bond acceptors (Lipinski definition) is 3. The number of allylic oxidation sites excluding steroid dienone is 4. The van der Waals surface area contributed by atoms with Gasteiger partial charge in [-0.2, -0.15) is 13.2 Å². The topological polar surface area (TPSA) is 58.2 Å². The summed E-state index contributed by atoms with van der Waals surface area (Å²) < 4.78 is 36.9. The normalized spacial score (nSPS) is 19.0. The molecule has 1 aliphatic heterocycles. The summed E-state index contributed by atoms with van der Waals surface area (Å²) in [4.78, 5) is 23.2. The summed E-state index contributed by atoms with van der Waals surface area (Å²) in [7, 11) is 0. The van der Waals surface area contributed by atoms with Crippen molar-refractivity contribution in [3.63, 3.8) is 0 Å². The first-order valence-corrected chi connectivity index (χ1v) is 12.8. The van der Waals surface area contributed by atoms with Crippen molar-refractivity contribution in [3.8, 4) is 0 Å². The van der Waals surface area contributed by atoms with Gasteiger partial charge in [-0.05, 0) is 44.9 Å². The first-order chi connectivity index (χ1) is 15.8. The highest BCUT2D eigenvalue weighted by Crippen LogP contribution is 2.18. The molecule has 1 aliphatic rings. The minimum Gasteiger partial charge on any atom is -0.344 e. The van der Waals surface area contributed by atoms with E-state index in [2.05, 4.69) is 36.5 Å². The lowest BCUT2D eigenvalue weighted by molar-refractivity contribution is -0.174. The third-order valence-corrected chi connectivity index (χ3v) is 5.99. The van der Waals surface area contributed by atoms with Crippen molar-refractivity contribution in [3.05, 3.63) is 24.3 Å². The Morgan fingerprint density at radius 3 is 2.06 bits per heavy atom. The van der Waals surface area contributed by atoms with E-state index < -0.39 is 24.2 Å². The second kappa shape index (κ2) is 17.8. The molecule has 0 bridgehead atoms. The van der Waals surface area contributed by atoms with Gasteiger partial charge in [0.2, 0.25) is 0 Å². The number of nitrogens with one attached hydrogen (secondary N) is 2. The Balaban J connectivity index is 1.93. The lowest BCUT2D eigenvalue weighted by Crippen LogP contribution is -2.43. The van der Waals surface area contributed by atoms with Crippen LogP contribution in [0.5, 0.6) is 0 Å². The lowest BCUT2D eigenvalue weighted by Gasteiger charge is -2.13. The first kappa shape index (κ1) is 29.4. The van der Waals surface area contributed by atoms with Crippen LogP contribution in [-0.2, 0) is 9.59 Å². The van der Waals surface area contributed by atoms with E-state index in [9.17, 15) is 22.8 Å². The van der Waals surface area contributed by atoms with Crippen LogP contribution in [0, 0.1) is 0 Å². The predicted octanol–water partition coefficient (Wildman–Crippen LogP) is 6.56. The molecule has 1 rings (SSSR count). The number of amides is 1. The van der Waals surface area contributed by atoms with Gasteiger partial charge in [0, 0.05) is 19.0 Å². The Hall–Kier alpha value is -1.63. The number of hydrogen-bond donors (Lipinski definition) is 2. The van der Waals surface area contributed by atoms with Crippen LogP contribution < -0.4 is 10.6 Å². The van der Waals surface area contributed by atoms with Gasteiger partial charge in [-0.1, -0.05) is 76.2 Å². The van der Waals surface area contributed by atoms with Crippen molar-refractivity contribution in [1.29, 1.82) is 0 Å². The number of carbonyl (C=O) groups excluding carboxylic acids is 2. The second-order valence-corrected chi connectivity index (χ2v) is 9.02. The standard InChI is InChI=1S/C26H43F3N2O2/c1-2-3-4-5-6-7-8-9-10-11-12-13-14-15-16-17-18-19-24(32)23-20-22(21-30-23)31-25(33)26(27,28)29/h6-7,9-10,22-23,30H,2-5,8,11-21H2,1H3,(H,31,33)/b7-6-,10-9-/t22-,23-/m0/s1. The number of halogens is 3. The fourth-order valence-electron chi connectivity index (χ4n) is 4.00. The van der Waals surface area contributed by atoms with Crippen LogP contribution in [0.1, 0.15) is 103 Å². The molecular formula is C26H43F3N2O2. The van der Waals surface area contributed by atoms with Crippen molar-refractivity contribution < 1.29 is 22.8 Å². The third kappa shape index (κ3) is 15.0.